The number of nitrogens with one attached hydrogen (secondary N) is 1. The zero-order chi connectivity index (χ0) is 13.8. The first kappa shape index (κ1) is 13.2. The van der Waals surface area contributed by atoms with Crippen LogP contribution in [0.25, 0.3) is 0 Å². The third-order valence-electron chi connectivity index (χ3n) is 3.43. The summed E-state index contributed by atoms with van der Waals surface area (Å²) in [5.74, 6) is 1.13. The van der Waals surface area contributed by atoms with E-state index in [0.29, 0.717) is 13.1 Å². The van der Waals surface area contributed by atoms with E-state index in [1.807, 2.05) is 36.3 Å². The van der Waals surface area contributed by atoms with Gasteiger partial charge in [-0.15, -0.1) is 11.8 Å². The zero-order valence-corrected chi connectivity index (χ0v) is 12.0. The van der Waals surface area contributed by atoms with Gasteiger partial charge in [0.15, 0.2) is 0 Å². The van der Waals surface area contributed by atoms with Gasteiger partial charge in [0.25, 0.3) is 0 Å². The molecular weight excluding hydrogens is 270 g/mol. The third kappa shape index (κ3) is 3.04. The van der Waals surface area contributed by atoms with Crippen LogP contribution in [0, 0.1) is 0 Å². The second-order valence-corrected chi connectivity index (χ2v) is 5.95. The van der Waals surface area contributed by atoms with Gasteiger partial charge in [-0.1, -0.05) is 12.1 Å². The molecule has 1 aromatic heterocycles. The quantitative estimate of drug-likeness (QED) is 0.929. The predicted octanol–water partition coefficient (Wildman–Crippen LogP) is 2.55. The van der Waals surface area contributed by atoms with E-state index >= 15 is 0 Å². The molecule has 0 spiro atoms. The van der Waals surface area contributed by atoms with Crippen molar-refractivity contribution in [3.63, 3.8) is 0 Å². The van der Waals surface area contributed by atoms with Gasteiger partial charge in [0, 0.05) is 42.3 Å². The van der Waals surface area contributed by atoms with Crippen molar-refractivity contribution >= 4 is 17.8 Å². The lowest BCUT2D eigenvalue weighted by molar-refractivity contribution is 0.218. The SMILES string of the molecule is O=C(NCCc1cccnc1)N1C=C2SCCC2=CC1. The Bertz CT molecular complexity index is 553. The van der Waals surface area contributed by atoms with Crippen molar-refractivity contribution in [1.82, 2.24) is 15.2 Å². The number of nitrogens with zero attached hydrogens (tertiary/aromatic N) is 2. The fourth-order valence-electron chi connectivity index (χ4n) is 2.32. The van der Waals surface area contributed by atoms with Crippen LogP contribution in [0.5, 0.6) is 0 Å². The average Bonchev–Trinajstić information content (AvgIpc) is 2.95. The van der Waals surface area contributed by atoms with E-state index in [1.165, 1.54) is 10.5 Å². The fraction of sp³-hybridized carbons (Fsp3) is 0.333. The molecule has 0 radical (unpaired) electrons. The molecule has 5 heteroatoms. The fourth-order valence-corrected chi connectivity index (χ4v) is 3.43. The van der Waals surface area contributed by atoms with Crippen LogP contribution in [0.1, 0.15) is 12.0 Å². The second-order valence-electron chi connectivity index (χ2n) is 4.82. The Kier molecular flexibility index (Phi) is 4.06. The second kappa shape index (κ2) is 6.13. The maximum atomic E-state index is 12.1. The number of urea groups is 1. The molecule has 0 aromatic carbocycles. The van der Waals surface area contributed by atoms with Crippen LogP contribution >= 0.6 is 11.8 Å². The van der Waals surface area contributed by atoms with Gasteiger partial charge < -0.3 is 5.32 Å². The Labute approximate surface area is 123 Å². The van der Waals surface area contributed by atoms with Crippen LogP contribution in [0.3, 0.4) is 0 Å². The smallest absolute Gasteiger partial charge is 0.321 e. The summed E-state index contributed by atoms with van der Waals surface area (Å²) in [7, 11) is 0. The van der Waals surface area contributed by atoms with E-state index in [-0.39, 0.29) is 6.03 Å². The number of thioether (sulfide) groups is 1. The first-order valence-corrected chi connectivity index (χ1v) is 7.79. The molecule has 4 nitrogen and oxygen atoms in total. The van der Waals surface area contributed by atoms with Gasteiger partial charge in [-0.2, -0.15) is 0 Å². The van der Waals surface area contributed by atoms with Crippen molar-refractivity contribution in [2.75, 3.05) is 18.8 Å². The van der Waals surface area contributed by atoms with Crippen molar-refractivity contribution in [2.24, 2.45) is 0 Å². The highest BCUT2D eigenvalue weighted by atomic mass is 32.2. The molecule has 1 fully saturated rings. The normalized spacial score (nSPS) is 17.3. The zero-order valence-electron chi connectivity index (χ0n) is 11.2. The van der Waals surface area contributed by atoms with E-state index in [2.05, 4.69) is 16.4 Å². The first-order chi connectivity index (χ1) is 9.83. The lowest BCUT2D eigenvalue weighted by atomic mass is 10.1. The van der Waals surface area contributed by atoms with Crippen LogP contribution in [-0.2, 0) is 6.42 Å². The minimum Gasteiger partial charge on any atom is -0.337 e. The van der Waals surface area contributed by atoms with Crippen LogP contribution < -0.4 is 5.32 Å². The molecule has 2 aliphatic rings. The molecule has 0 aliphatic carbocycles. The lowest BCUT2D eigenvalue weighted by Crippen LogP contribution is -2.38. The summed E-state index contributed by atoms with van der Waals surface area (Å²) >= 11 is 1.83. The molecule has 104 valence electrons. The molecule has 20 heavy (non-hydrogen) atoms. The van der Waals surface area contributed by atoms with E-state index < -0.39 is 0 Å². The van der Waals surface area contributed by atoms with Gasteiger partial charge in [-0.25, -0.2) is 4.79 Å². The van der Waals surface area contributed by atoms with Crippen molar-refractivity contribution in [2.45, 2.75) is 12.8 Å². The summed E-state index contributed by atoms with van der Waals surface area (Å²) in [5.41, 5.74) is 2.53. The number of rotatable bonds is 3. The van der Waals surface area contributed by atoms with E-state index in [4.69, 9.17) is 0 Å². The highest BCUT2D eigenvalue weighted by molar-refractivity contribution is 8.03. The van der Waals surface area contributed by atoms with Gasteiger partial charge >= 0.3 is 6.03 Å². The number of amides is 2. The Morgan fingerprint density at radius 3 is 3.30 bits per heavy atom. The number of carbonyl (C=O) groups is 1. The summed E-state index contributed by atoms with van der Waals surface area (Å²) in [6.45, 7) is 1.31. The van der Waals surface area contributed by atoms with Crippen LogP contribution in [0.15, 0.2) is 47.3 Å². The summed E-state index contributed by atoms with van der Waals surface area (Å²) in [4.78, 5) is 19.2. The largest absolute Gasteiger partial charge is 0.337 e. The Morgan fingerprint density at radius 2 is 2.45 bits per heavy atom. The molecule has 2 aliphatic heterocycles. The monoisotopic (exact) mass is 287 g/mol. The number of aromatic nitrogens is 1. The van der Waals surface area contributed by atoms with Crippen LogP contribution in [-0.4, -0.2) is 34.8 Å². The molecule has 3 heterocycles. The molecule has 1 saturated heterocycles. The van der Waals surface area contributed by atoms with Gasteiger partial charge in [-0.05, 0) is 30.0 Å². The Balaban J connectivity index is 1.49. The molecule has 3 rings (SSSR count). The van der Waals surface area contributed by atoms with Gasteiger partial charge in [0.1, 0.15) is 0 Å². The summed E-state index contributed by atoms with van der Waals surface area (Å²) in [5, 5.41) is 2.96. The van der Waals surface area contributed by atoms with Gasteiger partial charge in [-0.3, -0.25) is 9.88 Å². The Morgan fingerprint density at radius 1 is 1.50 bits per heavy atom. The minimum atomic E-state index is -0.0239. The minimum absolute atomic E-state index is 0.0239. The number of hydrogen-bond acceptors (Lipinski definition) is 3. The number of carbonyl (C=O) groups excluding carboxylic acids is 1. The maximum absolute atomic E-state index is 12.1. The molecule has 0 bridgehead atoms. The highest BCUT2D eigenvalue weighted by Crippen LogP contribution is 2.37. The summed E-state index contributed by atoms with van der Waals surface area (Å²) in [6.07, 6.45) is 9.67. The highest BCUT2D eigenvalue weighted by Gasteiger charge is 2.21. The molecule has 0 atom stereocenters. The number of hydrogen-bond donors (Lipinski definition) is 1. The maximum Gasteiger partial charge on any atom is 0.321 e. The van der Waals surface area contributed by atoms with Crippen molar-refractivity contribution in [1.29, 1.82) is 0 Å². The number of pyridine rings is 1. The molecular formula is C15H17N3OS. The van der Waals surface area contributed by atoms with Crippen molar-refractivity contribution < 1.29 is 4.79 Å². The molecule has 1 N–H and O–H groups in total. The van der Waals surface area contributed by atoms with Crippen LogP contribution in [0.2, 0.25) is 0 Å². The topological polar surface area (TPSA) is 45.2 Å². The third-order valence-corrected chi connectivity index (χ3v) is 4.51. The number of fused-ring (bicyclic) bond motifs is 1. The molecule has 0 saturated carbocycles. The summed E-state index contributed by atoms with van der Waals surface area (Å²) < 4.78 is 0. The van der Waals surface area contributed by atoms with E-state index in [0.717, 1.165) is 24.2 Å². The first-order valence-electron chi connectivity index (χ1n) is 6.80. The molecule has 1 aromatic rings. The van der Waals surface area contributed by atoms with Crippen molar-refractivity contribution in [3.05, 3.63) is 52.8 Å². The number of allylic oxidation sites excluding steroid dienone is 1. The van der Waals surface area contributed by atoms with E-state index in [1.54, 1.807) is 11.1 Å². The molecule has 0 unspecified atom stereocenters. The lowest BCUT2D eigenvalue weighted by Gasteiger charge is -2.22. The Hall–Kier alpha value is -1.75. The molecule has 2 amide bonds. The average molecular weight is 287 g/mol. The van der Waals surface area contributed by atoms with E-state index in [9.17, 15) is 4.79 Å². The standard InChI is InChI=1S/C15H17N3OS/c19-15(17-7-3-12-2-1-6-16-10-12)18-8-4-13-5-9-20-14(13)11-18/h1-2,4,6,10-11H,3,5,7-9H2,(H,17,19). The predicted molar refractivity (Wildman–Crippen MR) is 81.3 cm³/mol. The van der Waals surface area contributed by atoms with Gasteiger partial charge in [0.05, 0.1) is 0 Å². The summed E-state index contributed by atoms with van der Waals surface area (Å²) in [6, 6.07) is 3.91. The van der Waals surface area contributed by atoms with Gasteiger partial charge in [0.2, 0.25) is 0 Å². The van der Waals surface area contributed by atoms with Crippen LogP contribution in [0.4, 0.5) is 4.79 Å². The van der Waals surface area contributed by atoms with Crippen molar-refractivity contribution in [3.8, 4) is 0 Å².